The molecule has 0 saturated heterocycles. The number of benzene rings is 9. The number of thiophene rings is 1. The number of hydrogen-bond donors (Lipinski definition) is 0. The summed E-state index contributed by atoms with van der Waals surface area (Å²) in [5.74, 6) is 0. The zero-order valence-corrected chi connectivity index (χ0v) is 30.6. The number of para-hydroxylation sites is 4. The van der Waals surface area contributed by atoms with Gasteiger partial charge in [0.1, 0.15) is 5.58 Å². The summed E-state index contributed by atoms with van der Waals surface area (Å²) < 4.78 is 9.39. The van der Waals surface area contributed by atoms with E-state index >= 15 is 0 Å². The van der Waals surface area contributed by atoms with Gasteiger partial charge in [0.15, 0.2) is 5.58 Å². The fourth-order valence-corrected chi connectivity index (χ4v) is 9.70. The molecule has 55 heavy (non-hydrogen) atoms. The number of fused-ring (bicyclic) bond motifs is 7. The Morgan fingerprint density at radius 2 is 0.909 bits per heavy atom. The van der Waals surface area contributed by atoms with Gasteiger partial charge in [0.2, 0.25) is 0 Å². The van der Waals surface area contributed by atoms with E-state index in [-0.39, 0.29) is 0 Å². The fourth-order valence-electron chi connectivity index (χ4n) is 8.47. The molecule has 0 radical (unpaired) electrons. The Balaban J connectivity index is 1.23. The minimum absolute atomic E-state index is 0.858. The molecule has 11 rings (SSSR count). The molecule has 2 aromatic heterocycles. The quantitative estimate of drug-likeness (QED) is 0.170. The molecule has 9 aromatic carbocycles. The zero-order chi connectivity index (χ0) is 36.3. The summed E-state index contributed by atoms with van der Waals surface area (Å²) in [6.45, 7) is 0. The average molecular weight is 720 g/mol. The predicted octanol–water partition coefficient (Wildman–Crippen LogP) is 15.6. The van der Waals surface area contributed by atoms with Crippen LogP contribution in [-0.4, -0.2) is 0 Å². The third-order valence-corrected chi connectivity index (χ3v) is 12.1. The standard InChI is InChI=1S/C52H33NOS/c1-2-16-34(17-3-1)36-24-12-18-35-19-13-25-41(50(35)36)37-20-4-8-29-45(37)53(47-31-15-26-42-39-22-6-10-32-48(39)54-51(42)47)46-30-9-5-21-38(46)43-27-14-28-44-40-23-7-11-33-49(40)55-52(43)44/h1-33H. The molecule has 0 N–H and O–H groups in total. The SMILES string of the molecule is c1ccc(-c2cccc3cccc(-c4ccccc4N(c4ccccc4-c4cccc5c4sc4ccccc45)c4cccc5c4oc4ccccc45)c23)cc1. The summed E-state index contributed by atoms with van der Waals surface area (Å²) in [6.07, 6.45) is 0. The molecule has 3 heteroatoms. The number of rotatable bonds is 6. The van der Waals surface area contributed by atoms with Gasteiger partial charge in [0.05, 0.1) is 17.1 Å². The van der Waals surface area contributed by atoms with Crippen LogP contribution in [0.25, 0.3) is 86.3 Å². The smallest absolute Gasteiger partial charge is 0.159 e. The predicted molar refractivity (Wildman–Crippen MR) is 235 cm³/mol. The molecule has 0 unspecified atom stereocenters. The van der Waals surface area contributed by atoms with E-state index in [9.17, 15) is 0 Å². The Morgan fingerprint density at radius 3 is 1.73 bits per heavy atom. The second-order valence-electron chi connectivity index (χ2n) is 14.0. The molecule has 0 amide bonds. The van der Waals surface area contributed by atoms with E-state index in [2.05, 4.69) is 199 Å². The highest BCUT2D eigenvalue weighted by atomic mass is 32.1. The molecule has 2 heterocycles. The van der Waals surface area contributed by atoms with Gasteiger partial charge < -0.3 is 9.32 Å². The Labute approximate surface area is 322 Å². The molecule has 2 nitrogen and oxygen atoms in total. The molecule has 11 aromatic rings. The van der Waals surface area contributed by atoms with Gasteiger partial charge in [-0.15, -0.1) is 11.3 Å². The summed E-state index contributed by atoms with van der Waals surface area (Å²) in [4.78, 5) is 2.44. The van der Waals surface area contributed by atoms with Crippen molar-refractivity contribution in [2.24, 2.45) is 0 Å². The molecule has 0 fully saturated rings. The van der Waals surface area contributed by atoms with Crippen molar-refractivity contribution < 1.29 is 4.42 Å². The zero-order valence-electron chi connectivity index (χ0n) is 29.8. The van der Waals surface area contributed by atoms with Crippen LogP contribution in [0, 0.1) is 0 Å². The normalized spacial score (nSPS) is 11.6. The van der Waals surface area contributed by atoms with Crippen LogP contribution < -0.4 is 4.90 Å². The monoisotopic (exact) mass is 719 g/mol. The van der Waals surface area contributed by atoms with Gasteiger partial charge in [-0.1, -0.05) is 170 Å². The molecule has 0 spiro atoms. The number of furan rings is 1. The minimum Gasteiger partial charge on any atom is -0.454 e. The Morgan fingerprint density at radius 1 is 0.364 bits per heavy atom. The second-order valence-corrected chi connectivity index (χ2v) is 15.0. The van der Waals surface area contributed by atoms with Gasteiger partial charge >= 0.3 is 0 Å². The average Bonchev–Trinajstić information content (AvgIpc) is 3.83. The molecular formula is C52H33NOS. The number of nitrogens with zero attached hydrogens (tertiary/aromatic N) is 1. The van der Waals surface area contributed by atoms with Gasteiger partial charge in [0.25, 0.3) is 0 Å². The van der Waals surface area contributed by atoms with Crippen molar-refractivity contribution in [3.63, 3.8) is 0 Å². The van der Waals surface area contributed by atoms with E-state index in [0.29, 0.717) is 0 Å². The van der Waals surface area contributed by atoms with E-state index in [1.807, 2.05) is 17.4 Å². The lowest BCUT2D eigenvalue weighted by Crippen LogP contribution is -2.13. The largest absolute Gasteiger partial charge is 0.454 e. The summed E-state index contributed by atoms with van der Waals surface area (Å²) in [7, 11) is 0. The lowest BCUT2D eigenvalue weighted by molar-refractivity contribution is 0.669. The molecule has 0 aliphatic rings. The van der Waals surface area contributed by atoms with Crippen LogP contribution in [0.2, 0.25) is 0 Å². The summed E-state index contributed by atoms with van der Waals surface area (Å²) in [6, 6.07) is 72.1. The molecule has 0 saturated carbocycles. The molecular weight excluding hydrogens is 687 g/mol. The van der Waals surface area contributed by atoms with E-state index in [0.717, 1.165) is 50.1 Å². The van der Waals surface area contributed by atoms with Gasteiger partial charge in [0, 0.05) is 47.6 Å². The molecule has 0 aliphatic heterocycles. The molecule has 0 aliphatic carbocycles. The lowest BCUT2D eigenvalue weighted by Gasteiger charge is -2.30. The van der Waals surface area contributed by atoms with Gasteiger partial charge in [-0.05, 0) is 57.8 Å². The van der Waals surface area contributed by atoms with E-state index in [4.69, 9.17) is 4.42 Å². The summed E-state index contributed by atoms with van der Waals surface area (Å²) >= 11 is 1.86. The second kappa shape index (κ2) is 12.9. The Kier molecular flexibility index (Phi) is 7.39. The van der Waals surface area contributed by atoms with Crippen LogP contribution in [0.1, 0.15) is 0 Å². The van der Waals surface area contributed by atoms with Gasteiger partial charge in [-0.3, -0.25) is 0 Å². The fraction of sp³-hybridized carbons (Fsp3) is 0. The van der Waals surface area contributed by atoms with Crippen LogP contribution >= 0.6 is 11.3 Å². The van der Waals surface area contributed by atoms with Crippen LogP contribution in [0.5, 0.6) is 0 Å². The van der Waals surface area contributed by atoms with Crippen molar-refractivity contribution in [2.45, 2.75) is 0 Å². The van der Waals surface area contributed by atoms with Crippen molar-refractivity contribution in [1.29, 1.82) is 0 Å². The van der Waals surface area contributed by atoms with Crippen molar-refractivity contribution >= 4 is 81.3 Å². The lowest BCUT2D eigenvalue weighted by atomic mass is 9.90. The Hall–Kier alpha value is -6.94. The Bertz CT molecular complexity index is 3220. The first-order valence-electron chi connectivity index (χ1n) is 18.7. The summed E-state index contributed by atoms with van der Waals surface area (Å²) in [5, 5.41) is 7.21. The first-order valence-corrected chi connectivity index (χ1v) is 19.5. The number of hydrogen-bond acceptors (Lipinski definition) is 3. The third-order valence-electron chi connectivity index (χ3n) is 10.9. The third kappa shape index (κ3) is 5.09. The van der Waals surface area contributed by atoms with Crippen LogP contribution in [-0.2, 0) is 0 Å². The van der Waals surface area contributed by atoms with E-state index in [1.54, 1.807) is 0 Å². The molecule has 258 valence electrons. The van der Waals surface area contributed by atoms with Crippen molar-refractivity contribution in [3.05, 3.63) is 200 Å². The molecule has 0 atom stereocenters. The van der Waals surface area contributed by atoms with Gasteiger partial charge in [-0.2, -0.15) is 0 Å². The highest BCUT2D eigenvalue weighted by Crippen LogP contribution is 2.51. The maximum absolute atomic E-state index is 6.82. The van der Waals surface area contributed by atoms with Crippen molar-refractivity contribution in [1.82, 2.24) is 0 Å². The molecule has 0 bridgehead atoms. The minimum atomic E-state index is 0.858. The van der Waals surface area contributed by atoms with Gasteiger partial charge in [-0.25, -0.2) is 0 Å². The van der Waals surface area contributed by atoms with E-state index < -0.39 is 0 Å². The maximum atomic E-state index is 6.82. The highest BCUT2D eigenvalue weighted by Gasteiger charge is 2.26. The van der Waals surface area contributed by atoms with Crippen LogP contribution in [0.4, 0.5) is 17.1 Å². The topological polar surface area (TPSA) is 16.4 Å². The number of anilines is 3. The highest BCUT2D eigenvalue weighted by molar-refractivity contribution is 7.26. The summed E-state index contributed by atoms with van der Waals surface area (Å²) in [5.41, 5.74) is 12.0. The van der Waals surface area contributed by atoms with Crippen molar-refractivity contribution in [3.8, 4) is 33.4 Å². The first kappa shape index (κ1) is 31.6. The van der Waals surface area contributed by atoms with Crippen LogP contribution in [0.15, 0.2) is 205 Å². The van der Waals surface area contributed by atoms with Crippen LogP contribution in [0.3, 0.4) is 0 Å². The van der Waals surface area contributed by atoms with Crippen molar-refractivity contribution in [2.75, 3.05) is 4.90 Å². The first-order chi connectivity index (χ1) is 27.3. The maximum Gasteiger partial charge on any atom is 0.159 e. The van der Waals surface area contributed by atoms with E-state index in [1.165, 1.54) is 53.2 Å².